The Morgan fingerprint density at radius 2 is 2.00 bits per heavy atom. The summed E-state index contributed by atoms with van der Waals surface area (Å²) in [5.74, 6) is 7.48. The van der Waals surface area contributed by atoms with E-state index in [0.717, 1.165) is 17.0 Å². The molecule has 80 valence electrons. The molecule has 0 aliphatic carbocycles. The lowest BCUT2D eigenvalue weighted by Gasteiger charge is -2.04. The number of aryl methyl sites for hydroxylation is 1. The quantitative estimate of drug-likeness (QED) is 0.684. The Labute approximate surface area is 88.1 Å². The summed E-state index contributed by atoms with van der Waals surface area (Å²) in [4.78, 5) is 8.56. The van der Waals surface area contributed by atoms with Gasteiger partial charge in [0.1, 0.15) is 11.3 Å². The van der Waals surface area contributed by atoms with E-state index < -0.39 is 0 Å². The molecular weight excluding hydrogens is 190 g/mol. The van der Waals surface area contributed by atoms with Crippen LogP contribution in [0.3, 0.4) is 0 Å². The summed E-state index contributed by atoms with van der Waals surface area (Å²) in [7, 11) is 0. The highest BCUT2D eigenvalue weighted by atomic mass is 15.3. The van der Waals surface area contributed by atoms with Crippen molar-refractivity contribution in [1.82, 2.24) is 14.6 Å². The van der Waals surface area contributed by atoms with Crippen LogP contribution in [-0.4, -0.2) is 14.6 Å². The molecule has 0 amide bonds. The van der Waals surface area contributed by atoms with Crippen LogP contribution in [-0.2, 0) is 0 Å². The maximum atomic E-state index is 5.95. The van der Waals surface area contributed by atoms with Crippen molar-refractivity contribution in [2.45, 2.75) is 26.7 Å². The van der Waals surface area contributed by atoms with Crippen LogP contribution in [0.25, 0.3) is 11.0 Å². The van der Waals surface area contributed by atoms with E-state index in [4.69, 9.17) is 11.6 Å². The van der Waals surface area contributed by atoms with Crippen LogP contribution in [0.4, 0.5) is 5.82 Å². The molecule has 2 aromatic rings. The molecule has 0 aliphatic heterocycles. The zero-order chi connectivity index (χ0) is 11.2. The van der Waals surface area contributed by atoms with E-state index in [2.05, 4.69) is 9.97 Å². The van der Waals surface area contributed by atoms with Gasteiger partial charge in [-0.1, -0.05) is 13.8 Å². The fraction of sp³-hybridized carbons (Fsp3) is 0.400. The van der Waals surface area contributed by atoms with Gasteiger partial charge in [-0.2, -0.15) is 0 Å². The van der Waals surface area contributed by atoms with Crippen LogP contribution in [0.2, 0.25) is 0 Å². The standard InChI is InChI=1S/C10H15N5/c1-5(2)10-14-8-7(15(10)12)4-6(3)13-9(8)11/h4-5H,12H2,1-3H3,(H2,11,13). The smallest absolute Gasteiger partial charge is 0.151 e. The van der Waals surface area contributed by atoms with Crippen molar-refractivity contribution in [2.24, 2.45) is 0 Å². The van der Waals surface area contributed by atoms with Crippen molar-refractivity contribution in [3.63, 3.8) is 0 Å². The Hall–Kier alpha value is -1.78. The number of hydrogen-bond donors (Lipinski definition) is 2. The molecule has 15 heavy (non-hydrogen) atoms. The number of rotatable bonds is 1. The molecule has 0 saturated heterocycles. The minimum atomic E-state index is 0.266. The van der Waals surface area contributed by atoms with Crippen molar-refractivity contribution >= 4 is 16.9 Å². The van der Waals surface area contributed by atoms with Crippen molar-refractivity contribution in [3.05, 3.63) is 17.6 Å². The highest BCUT2D eigenvalue weighted by molar-refractivity contribution is 5.85. The summed E-state index contributed by atoms with van der Waals surface area (Å²) < 4.78 is 1.59. The molecule has 0 aromatic carbocycles. The molecule has 0 spiro atoms. The second kappa shape index (κ2) is 3.12. The minimum Gasteiger partial charge on any atom is -0.382 e. The number of anilines is 1. The number of pyridine rings is 1. The van der Waals surface area contributed by atoms with Gasteiger partial charge in [0.2, 0.25) is 0 Å². The van der Waals surface area contributed by atoms with Crippen LogP contribution in [0.5, 0.6) is 0 Å². The van der Waals surface area contributed by atoms with E-state index in [1.165, 1.54) is 0 Å². The second-order valence-electron chi connectivity index (χ2n) is 4.01. The fourth-order valence-electron chi connectivity index (χ4n) is 1.67. The van der Waals surface area contributed by atoms with Gasteiger partial charge < -0.3 is 11.6 Å². The number of nitrogens with two attached hydrogens (primary N) is 2. The largest absolute Gasteiger partial charge is 0.382 e. The first-order valence-electron chi connectivity index (χ1n) is 4.91. The van der Waals surface area contributed by atoms with Crippen molar-refractivity contribution < 1.29 is 0 Å². The molecule has 0 bridgehead atoms. The molecule has 0 radical (unpaired) electrons. The molecule has 2 aromatic heterocycles. The summed E-state index contributed by atoms with van der Waals surface area (Å²) in [5.41, 5.74) is 8.17. The number of nitrogens with zero attached hydrogens (tertiary/aromatic N) is 3. The third-order valence-corrected chi connectivity index (χ3v) is 2.38. The first-order chi connectivity index (χ1) is 7.00. The Kier molecular flexibility index (Phi) is 2.03. The number of imidazole rings is 1. The van der Waals surface area contributed by atoms with Crippen LogP contribution in [0.1, 0.15) is 31.3 Å². The average molecular weight is 205 g/mol. The number of aromatic nitrogens is 3. The third kappa shape index (κ3) is 1.40. The normalized spacial score (nSPS) is 11.5. The third-order valence-electron chi connectivity index (χ3n) is 2.38. The van der Waals surface area contributed by atoms with Gasteiger partial charge in [-0.15, -0.1) is 0 Å². The topological polar surface area (TPSA) is 82.8 Å². The number of hydrogen-bond acceptors (Lipinski definition) is 4. The summed E-state index contributed by atoms with van der Waals surface area (Å²) in [6, 6.07) is 1.89. The molecule has 0 atom stereocenters. The predicted octanol–water partition coefficient (Wildman–Crippen LogP) is 1.16. The maximum absolute atomic E-state index is 5.95. The van der Waals surface area contributed by atoms with Gasteiger partial charge in [-0.3, -0.25) is 0 Å². The zero-order valence-electron chi connectivity index (χ0n) is 9.15. The molecule has 0 aliphatic rings. The first-order valence-corrected chi connectivity index (χ1v) is 4.91. The van der Waals surface area contributed by atoms with Crippen LogP contribution in [0, 0.1) is 6.92 Å². The van der Waals surface area contributed by atoms with Crippen molar-refractivity contribution in [1.29, 1.82) is 0 Å². The van der Waals surface area contributed by atoms with Gasteiger partial charge in [-0.25, -0.2) is 14.6 Å². The molecule has 0 fully saturated rings. The van der Waals surface area contributed by atoms with E-state index in [9.17, 15) is 0 Å². The Balaban J connectivity index is 2.82. The summed E-state index contributed by atoms with van der Waals surface area (Å²) >= 11 is 0. The van der Waals surface area contributed by atoms with E-state index in [1.807, 2.05) is 26.8 Å². The Bertz CT molecular complexity index is 512. The molecule has 4 N–H and O–H groups in total. The number of nitrogen functional groups attached to an aromatic ring is 2. The van der Waals surface area contributed by atoms with Crippen molar-refractivity contribution in [2.75, 3.05) is 11.6 Å². The molecule has 5 heteroatoms. The van der Waals surface area contributed by atoms with E-state index >= 15 is 0 Å². The number of fused-ring (bicyclic) bond motifs is 1. The Morgan fingerprint density at radius 1 is 1.33 bits per heavy atom. The SMILES string of the molecule is Cc1cc2c(nc(C(C)C)n2N)c(N)n1. The average Bonchev–Trinajstić information content (AvgIpc) is 2.44. The lowest BCUT2D eigenvalue weighted by atomic mass is 10.2. The van der Waals surface area contributed by atoms with Gasteiger partial charge in [0.15, 0.2) is 5.82 Å². The molecule has 2 rings (SSSR count). The van der Waals surface area contributed by atoms with Gasteiger partial charge in [0.25, 0.3) is 0 Å². The van der Waals surface area contributed by atoms with Crippen LogP contribution in [0.15, 0.2) is 6.07 Å². The lowest BCUT2D eigenvalue weighted by molar-refractivity contribution is 0.745. The van der Waals surface area contributed by atoms with Gasteiger partial charge in [0, 0.05) is 11.6 Å². The zero-order valence-corrected chi connectivity index (χ0v) is 9.15. The molecule has 2 heterocycles. The summed E-state index contributed by atoms with van der Waals surface area (Å²) in [6.07, 6.45) is 0. The van der Waals surface area contributed by atoms with Crippen molar-refractivity contribution in [3.8, 4) is 0 Å². The minimum absolute atomic E-state index is 0.266. The monoisotopic (exact) mass is 205 g/mol. The van der Waals surface area contributed by atoms with E-state index in [1.54, 1.807) is 4.68 Å². The highest BCUT2D eigenvalue weighted by Crippen LogP contribution is 2.23. The van der Waals surface area contributed by atoms with E-state index in [0.29, 0.717) is 11.3 Å². The summed E-state index contributed by atoms with van der Waals surface area (Å²) in [6.45, 7) is 5.97. The lowest BCUT2D eigenvalue weighted by Crippen LogP contribution is -2.13. The van der Waals surface area contributed by atoms with E-state index in [-0.39, 0.29) is 5.92 Å². The van der Waals surface area contributed by atoms with Crippen LogP contribution < -0.4 is 11.6 Å². The first kappa shape index (κ1) is 9.76. The van der Waals surface area contributed by atoms with Gasteiger partial charge >= 0.3 is 0 Å². The highest BCUT2D eigenvalue weighted by Gasteiger charge is 2.14. The summed E-state index contributed by atoms with van der Waals surface area (Å²) in [5, 5.41) is 0. The van der Waals surface area contributed by atoms with Crippen LogP contribution >= 0.6 is 0 Å². The second-order valence-corrected chi connectivity index (χ2v) is 4.01. The molecule has 0 saturated carbocycles. The van der Waals surface area contributed by atoms with Gasteiger partial charge in [-0.05, 0) is 13.0 Å². The molecule has 5 nitrogen and oxygen atoms in total. The Morgan fingerprint density at radius 3 is 2.60 bits per heavy atom. The fourth-order valence-corrected chi connectivity index (χ4v) is 1.67. The molecule has 0 unspecified atom stereocenters. The molecular formula is C10H15N5. The maximum Gasteiger partial charge on any atom is 0.151 e. The van der Waals surface area contributed by atoms with Gasteiger partial charge in [0.05, 0.1) is 5.52 Å². The predicted molar refractivity (Wildman–Crippen MR) is 60.9 cm³/mol.